The summed E-state index contributed by atoms with van der Waals surface area (Å²) in [5, 5.41) is 0. The Hall–Kier alpha value is -1.23. The molecule has 16 heavy (non-hydrogen) atoms. The SMILES string of the molecule is CC(=O)c1ccc(OC(F)(F)[C@@H](F)Cl)cc1. The van der Waals surface area contributed by atoms with Gasteiger partial charge in [-0.1, -0.05) is 11.6 Å². The van der Waals surface area contributed by atoms with Gasteiger partial charge < -0.3 is 4.74 Å². The van der Waals surface area contributed by atoms with Crippen molar-refractivity contribution >= 4 is 17.4 Å². The van der Waals surface area contributed by atoms with E-state index >= 15 is 0 Å². The Balaban J connectivity index is 2.80. The number of ketones is 1. The fraction of sp³-hybridized carbons (Fsp3) is 0.300. The number of alkyl halides is 4. The Kier molecular flexibility index (Phi) is 3.80. The van der Waals surface area contributed by atoms with Crippen LogP contribution in [0, 0.1) is 0 Å². The lowest BCUT2D eigenvalue weighted by Gasteiger charge is -2.17. The van der Waals surface area contributed by atoms with Gasteiger partial charge in [-0.25, -0.2) is 4.39 Å². The molecule has 0 fully saturated rings. The highest BCUT2D eigenvalue weighted by molar-refractivity contribution is 6.20. The molecule has 1 atom stereocenters. The first-order valence-electron chi connectivity index (χ1n) is 4.29. The van der Waals surface area contributed by atoms with Gasteiger partial charge in [0.05, 0.1) is 0 Å². The number of halogens is 4. The molecule has 0 heterocycles. The lowest BCUT2D eigenvalue weighted by molar-refractivity contribution is -0.199. The fourth-order valence-corrected chi connectivity index (χ4v) is 1.00. The molecular weight excluding hydrogens is 245 g/mol. The lowest BCUT2D eigenvalue weighted by Crippen LogP contribution is -2.32. The van der Waals surface area contributed by atoms with Crippen LogP contribution in [0.3, 0.4) is 0 Å². The lowest BCUT2D eigenvalue weighted by atomic mass is 10.1. The van der Waals surface area contributed by atoms with Crippen molar-refractivity contribution in [1.29, 1.82) is 0 Å². The third-order valence-corrected chi connectivity index (χ3v) is 2.02. The first-order chi connectivity index (χ1) is 7.33. The van der Waals surface area contributed by atoms with E-state index in [4.69, 9.17) is 0 Å². The Morgan fingerprint density at radius 1 is 1.38 bits per heavy atom. The van der Waals surface area contributed by atoms with Crippen molar-refractivity contribution in [3.05, 3.63) is 29.8 Å². The maximum absolute atomic E-state index is 12.7. The molecule has 0 aromatic heterocycles. The normalized spacial score (nSPS) is 13.3. The van der Waals surface area contributed by atoms with Gasteiger partial charge in [0.2, 0.25) is 0 Å². The largest absolute Gasteiger partial charge is 0.444 e. The highest BCUT2D eigenvalue weighted by Crippen LogP contribution is 2.28. The molecule has 0 unspecified atom stereocenters. The molecule has 0 radical (unpaired) electrons. The van der Waals surface area contributed by atoms with Gasteiger partial charge in [0.25, 0.3) is 5.63 Å². The van der Waals surface area contributed by atoms with Crippen LogP contribution in [0.25, 0.3) is 0 Å². The van der Waals surface area contributed by atoms with Gasteiger partial charge in [0.1, 0.15) is 5.75 Å². The fourth-order valence-electron chi connectivity index (χ4n) is 0.959. The molecule has 1 aromatic carbocycles. The quantitative estimate of drug-likeness (QED) is 0.606. The number of benzene rings is 1. The van der Waals surface area contributed by atoms with E-state index in [1.54, 1.807) is 0 Å². The van der Waals surface area contributed by atoms with Gasteiger partial charge in [-0.05, 0) is 31.2 Å². The zero-order chi connectivity index (χ0) is 12.3. The standard InChI is InChI=1S/C10H8ClF3O2/c1-6(15)7-2-4-8(5-3-7)16-10(13,14)9(11)12/h2-5,9H,1H3/t9-/m1/s1. The summed E-state index contributed by atoms with van der Waals surface area (Å²) >= 11 is 4.61. The molecule has 0 bridgehead atoms. The van der Waals surface area contributed by atoms with Crippen LogP contribution in [0.2, 0.25) is 0 Å². The highest BCUT2D eigenvalue weighted by atomic mass is 35.5. The molecule has 2 nitrogen and oxygen atoms in total. The number of Topliss-reactive ketones (excluding diaryl/α,β-unsaturated/α-hetero) is 1. The maximum Gasteiger partial charge on any atom is 0.444 e. The van der Waals surface area contributed by atoms with Crippen LogP contribution in [-0.2, 0) is 0 Å². The minimum absolute atomic E-state index is 0.209. The second kappa shape index (κ2) is 4.74. The Bertz CT molecular complexity index is 376. The molecule has 0 aliphatic rings. The topological polar surface area (TPSA) is 26.3 Å². The van der Waals surface area contributed by atoms with E-state index < -0.39 is 11.7 Å². The summed E-state index contributed by atoms with van der Waals surface area (Å²) in [6.45, 7) is 1.33. The molecule has 0 saturated heterocycles. The number of carbonyl (C=O) groups excluding carboxylic acids is 1. The molecule has 1 aromatic rings. The second-order valence-electron chi connectivity index (χ2n) is 3.05. The van der Waals surface area contributed by atoms with Crippen LogP contribution in [-0.4, -0.2) is 17.5 Å². The van der Waals surface area contributed by atoms with Gasteiger partial charge in [0.15, 0.2) is 5.78 Å². The van der Waals surface area contributed by atoms with Gasteiger partial charge in [-0.15, -0.1) is 0 Å². The van der Waals surface area contributed by atoms with E-state index in [-0.39, 0.29) is 11.5 Å². The Morgan fingerprint density at radius 2 is 1.88 bits per heavy atom. The van der Waals surface area contributed by atoms with Crippen molar-refractivity contribution in [2.45, 2.75) is 18.7 Å². The van der Waals surface area contributed by atoms with Crippen molar-refractivity contribution in [2.24, 2.45) is 0 Å². The summed E-state index contributed by atoms with van der Waals surface area (Å²) in [5.41, 5.74) is -2.58. The van der Waals surface area contributed by atoms with Crippen LogP contribution in [0.15, 0.2) is 24.3 Å². The first-order valence-corrected chi connectivity index (χ1v) is 4.72. The second-order valence-corrected chi connectivity index (χ2v) is 3.43. The van der Waals surface area contributed by atoms with Crippen molar-refractivity contribution in [2.75, 3.05) is 0 Å². The number of ether oxygens (including phenoxy) is 1. The average Bonchev–Trinajstić information content (AvgIpc) is 2.17. The predicted octanol–water partition coefficient (Wildman–Crippen LogP) is 3.40. The highest BCUT2D eigenvalue weighted by Gasteiger charge is 2.42. The van der Waals surface area contributed by atoms with E-state index in [0.29, 0.717) is 5.56 Å². The van der Waals surface area contributed by atoms with Crippen molar-refractivity contribution < 1.29 is 22.7 Å². The number of hydrogen-bond acceptors (Lipinski definition) is 2. The summed E-state index contributed by atoms with van der Waals surface area (Å²) < 4.78 is 41.6. The van der Waals surface area contributed by atoms with E-state index in [9.17, 15) is 18.0 Å². The van der Waals surface area contributed by atoms with Crippen molar-refractivity contribution in [3.63, 3.8) is 0 Å². The van der Waals surface area contributed by atoms with Crippen LogP contribution in [0.5, 0.6) is 5.75 Å². The minimum atomic E-state index is -4.10. The van der Waals surface area contributed by atoms with Crippen LogP contribution in [0.4, 0.5) is 13.2 Å². The monoisotopic (exact) mass is 252 g/mol. The van der Waals surface area contributed by atoms with E-state index in [0.717, 1.165) is 12.1 Å². The molecule has 0 N–H and O–H groups in total. The molecule has 88 valence electrons. The molecular formula is C10H8ClF3O2. The summed E-state index contributed by atoms with van der Waals surface area (Å²) in [7, 11) is 0. The number of rotatable bonds is 4. The molecule has 0 amide bonds. The molecule has 1 rings (SSSR count). The minimum Gasteiger partial charge on any atom is -0.429 e. The maximum atomic E-state index is 12.7. The Labute approximate surface area is 95.0 Å². The van der Waals surface area contributed by atoms with E-state index in [1.807, 2.05) is 0 Å². The van der Waals surface area contributed by atoms with Gasteiger partial charge in [-0.2, -0.15) is 8.78 Å². The number of hydrogen-bond donors (Lipinski definition) is 0. The molecule has 6 heteroatoms. The Morgan fingerprint density at radius 3 is 2.25 bits per heavy atom. The van der Waals surface area contributed by atoms with Gasteiger partial charge >= 0.3 is 6.11 Å². The molecule has 0 aliphatic heterocycles. The zero-order valence-corrected chi connectivity index (χ0v) is 8.97. The summed E-state index contributed by atoms with van der Waals surface area (Å²) in [5.74, 6) is -0.475. The summed E-state index contributed by atoms with van der Waals surface area (Å²) in [4.78, 5) is 10.9. The number of carbonyl (C=O) groups is 1. The van der Waals surface area contributed by atoms with Crippen LogP contribution >= 0.6 is 11.6 Å². The summed E-state index contributed by atoms with van der Waals surface area (Å²) in [6, 6.07) is 4.89. The van der Waals surface area contributed by atoms with Crippen molar-refractivity contribution in [3.8, 4) is 5.75 Å². The third-order valence-electron chi connectivity index (χ3n) is 1.77. The van der Waals surface area contributed by atoms with Gasteiger partial charge in [-0.3, -0.25) is 4.79 Å². The van der Waals surface area contributed by atoms with E-state index in [1.165, 1.54) is 19.1 Å². The van der Waals surface area contributed by atoms with Crippen molar-refractivity contribution in [1.82, 2.24) is 0 Å². The average molecular weight is 253 g/mol. The third kappa shape index (κ3) is 3.13. The smallest absolute Gasteiger partial charge is 0.429 e. The molecule has 0 spiro atoms. The van der Waals surface area contributed by atoms with Crippen LogP contribution in [0.1, 0.15) is 17.3 Å². The molecule has 0 aliphatic carbocycles. The van der Waals surface area contributed by atoms with E-state index in [2.05, 4.69) is 16.3 Å². The summed E-state index contributed by atoms with van der Waals surface area (Å²) in [6.07, 6.45) is -4.10. The zero-order valence-electron chi connectivity index (χ0n) is 8.22. The van der Waals surface area contributed by atoms with Gasteiger partial charge in [0, 0.05) is 5.56 Å². The predicted molar refractivity (Wildman–Crippen MR) is 52.8 cm³/mol. The first kappa shape index (κ1) is 12.8. The van der Waals surface area contributed by atoms with Crippen LogP contribution < -0.4 is 4.74 Å². The molecule has 0 saturated carbocycles.